The highest BCUT2D eigenvalue weighted by Crippen LogP contribution is 1.82. The maximum atomic E-state index is 3.57. The Morgan fingerprint density at radius 1 is 1.33 bits per heavy atom. The van der Waals surface area contributed by atoms with E-state index in [0.29, 0.717) is 0 Å². The highest BCUT2D eigenvalue weighted by molar-refractivity contribution is 5.05. The van der Waals surface area contributed by atoms with E-state index in [1.165, 1.54) is 0 Å². The van der Waals surface area contributed by atoms with E-state index >= 15 is 0 Å². The first-order valence-corrected chi connectivity index (χ1v) is 1.76. The van der Waals surface area contributed by atoms with Gasteiger partial charge in [0, 0.05) is 12.4 Å². The fraction of sp³-hybridized carbons (Fsp3) is 0. The molecule has 0 atom stereocenters. The van der Waals surface area contributed by atoms with Crippen molar-refractivity contribution in [3.63, 3.8) is 0 Å². The predicted molar refractivity (Wildman–Crippen MR) is 24.6 cm³/mol. The first kappa shape index (κ1) is 3.28. The monoisotopic (exact) mass is 82.1 g/mol. The second-order valence-electron chi connectivity index (χ2n) is 1.10. The molecule has 1 rings (SSSR count). The summed E-state index contributed by atoms with van der Waals surface area (Å²) >= 11 is 0. The Hall–Kier alpha value is -0.920. The second-order valence-corrected chi connectivity index (χ2v) is 1.10. The van der Waals surface area contributed by atoms with Crippen molar-refractivity contribution in [3.05, 3.63) is 24.8 Å². The topological polar surface area (TPSA) is 24.1 Å². The number of hydrogen-bond donors (Lipinski definition) is 2. The van der Waals surface area contributed by atoms with E-state index in [0.717, 1.165) is 5.82 Å². The van der Waals surface area contributed by atoms with Gasteiger partial charge in [0.1, 0.15) is 0 Å². The summed E-state index contributed by atoms with van der Waals surface area (Å²) in [5.41, 5.74) is 0. The zero-order valence-electron chi connectivity index (χ0n) is 3.36. The van der Waals surface area contributed by atoms with Gasteiger partial charge in [-0.2, -0.15) is 0 Å². The van der Waals surface area contributed by atoms with Crippen molar-refractivity contribution < 1.29 is 0 Å². The Bertz CT molecular complexity index is 83.7. The average molecular weight is 82.1 g/mol. The molecule has 32 valence electrons. The van der Waals surface area contributed by atoms with Gasteiger partial charge < -0.3 is 10.6 Å². The highest BCUT2D eigenvalue weighted by atomic mass is 15.1. The second kappa shape index (κ2) is 1.05. The first-order valence-electron chi connectivity index (χ1n) is 1.76. The molecule has 1 aliphatic heterocycles. The normalized spacial score (nSPS) is 17.0. The molecule has 2 N–H and O–H groups in total. The summed E-state index contributed by atoms with van der Waals surface area (Å²) in [5, 5.41) is 5.67. The van der Waals surface area contributed by atoms with Crippen molar-refractivity contribution in [3.8, 4) is 0 Å². The SMILES string of the molecule is C=C1NC=CN1. The molecule has 0 aromatic heterocycles. The Morgan fingerprint density at radius 3 is 2.00 bits per heavy atom. The minimum atomic E-state index is 0.843. The molecule has 0 aromatic carbocycles. The van der Waals surface area contributed by atoms with E-state index in [2.05, 4.69) is 17.2 Å². The van der Waals surface area contributed by atoms with Crippen LogP contribution in [0.5, 0.6) is 0 Å². The minimum Gasteiger partial charge on any atom is -0.347 e. The van der Waals surface area contributed by atoms with Gasteiger partial charge in [-0.05, 0) is 0 Å². The molecule has 0 aliphatic carbocycles. The molecule has 0 bridgehead atoms. The van der Waals surface area contributed by atoms with Crippen LogP contribution in [0.4, 0.5) is 0 Å². The zero-order chi connectivity index (χ0) is 4.41. The standard InChI is InChI=1S/C4H6N2/c1-4-5-2-3-6-4/h2-3,5-6H,1H2. The van der Waals surface area contributed by atoms with Crippen molar-refractivity contribution in [1.29, 1.82) is 0 Å². The summed E-state index contributed by atoms with van der Waals surface area (Å²) in [7, 11) is 0. The molecule has 2 heteroatoms. The average Bonchev–Trinajstić information content (AvgIpc) is 1.86. The molecule has 0 saturated heterocycles. The Kier molecular flexibility index (Phi) is 0.572. The lowest BCUT2D eigenvalue weighted by Crippen LogP contribution is -2.06. The van der Waals surface area contributed by atoms with Gasteiger partial charge in [0.15, 0.2) is 0 Å². The lowest BCUT2D eigenvalue weighted by molar-refractivity contribution is 1.000. The van der Waals surface area contributed by atoms with E-state index in [-0.39, 0.29) is 0 Å². The Balaban J connectivity index is 2.52. The minimum absolute atomic E-state index is 0.843. The summed E-state index contributed by atoms with van der Waals surface area (Å²) in [6.45, 7) is 3.57. The summed E-state index contributed by atoms with van der Waals surface area (Å²) in [6.07, 6.45) is 3.59. The predicted octanol–water partition coefficient (Wildman–Crippen LogP) is 0.122. The van der Waals surface area contributed by atoms with Crippen LogP contribution in [0, 0.1) is 0 Å². The maximum absolute atomic E-state index is 3.57. The molecule has 6 heavy (non-hydrogen) atoms. The fourth-order valence-corrected chi connectivity index (χ4v) is 0.326. The largest absolute Gasteiger partial charge is 0.347 e. The molecular formula is C4H6N2. The number of hydrogen-bond acceptors (Lipinski definition) is 2. The van der Waals surface area contributed by atoms with Crippen molar-refractivity contribution in [1.82, 2.24) is 10.6 Å². The molecule has 0 fully saturated rings. The Labute approximate surface area is 36.5 Å². The third-order valence-corrected chi connectivity index (χ3v) is 0.598. The van der Waals surface area contributed by atoms with Crippen LogP contribution in [0.3, 0.4) is 0 Å². The quantitative estimate of drug-likeness (QED) is 0.433. The van der Waals surface area contributed by atoms with Crippen LogP contribution in [0.2, 0.25) is 0 Å². The van der Waals surface area contributed by atoms with Crippen molar-refractivity contribution >= 4 is 0 Å². The zero-order valence-corrected chi connectivity index (χ0v) is 3.36. The molecule has 1 heterocycles. The van der Waals surface area contributed by atoms with Crippen molar-refractivity contribution in [2.45, 2.75) is 0 Å². The third-order valence-electron chi connectivity index (χ3n) is 0.598. The van der Waals surface area contributed by atoms with Crippen LogP contribution in [-0.2, 0) is 0 Å². The van der Waals surface area contributed by atoms with Gasteiger partial charge in [-0.1, -0.05) is 6.58 Å². The summed E-state index contributed by atoms with van der Waals surface area (Å²) in [4.78, 5) is 0. The molecule has 0 aromatic rings. The fourth-order valence-electron chi connectivity index (χ4n) is 0.326. The highest BCUT2D eigenvalue weighted by Gasteiger charge is 1.87. The molecule has 0 amide bonds. The van der Waals surface area contributed by atoms with Gasteiger partial charge in [-0.15, -0.1) is 0 Å². The molecule has 0 saturated carbocycles. The molecule has 0 radical (unpaired) electrons. The van der Waals surface area contributed by atoms with E-state index in [1.54, 1.807) is 12.4 Å². The van der Waals surface area contributed by atoms with E-state index in [4.69, 9.17) is 0 Å². The van der Waals surface area contributed by atoms with Crippen LogP contribution in [0.1, 0.15) is 0 Å². The van der Waals surface area contributed by atoms with Gasteiger partial charge in [0.2, 0.25) is 0 Å². The summed E-state index contributed by atoms with van der Waals surface area (Å²) < 4.78 is 0. The van der Waals surface area contributed by atoms with E-state index in [1.807, 2.05) is 0 Å². The number of rotatable bonds is 0. The van der Waals surface area contributed by atoms with Crippen LogP contribution in [-0.4, -0.2) is 0 Å². The van der Waals surface area contributed by atoms with Crippen LogP contribution in [0.15, 0.2) is 24.8 Å². The maximum Gasteiger partial charge on any atom is 0.0993 e. The van der Waals surface area contributed by atoms with Crippen LogP contribution in [0.25, 0.3) is 0 Å². The number of nitrogens with one attached hydrogen (secondary N) is 2. The van der Waals surface area contributed by atoms with E-state index in [9.17, 15) is 0 Å². The van der Waals surface area contributed by atoms with Gasteiger partial charge in [0.05, 0.1) is 5.82 Å². The van der Waals surface area contributed by atoms with Gasteiger partial charge in [-0.3, -0.25) is 0 Å². The molecule has 0 spiro atoms. The lowest BCUT2D eigenvalue weighted by Gasteiger charge is -1.89. The van der Waals surface area contributed by atoms with Gasteiger partial charge >= 0.3 is 0 Å². The lowest BCUT2D eigenvalue weighted by atomic mass is 10.8. The molecule has 0 unspecified atom stereocenters. The van der Waals surface area contributed by atoms with Gasteiger partial charge in [-0.25, -0.2) is 0 Å². The molecule has 2 nitrogen and oxygen atoms in total. The third kappa shape index (κ3) is 0.360. The van der Waals surface area contributed by atoms with Crippen molar-refractivity contribution in [2.75, 3.05) is 0 Å². The van der Waals surface area contributed by atoms with Crippen LogP contribution < -0.4 is 10.6 Å². The first-order chi connectivity index (χ1) is 2.89. The smallest absolute Gasteiger partial charge is 0.0993 e. The summed E-state index contributed by atoms with van der Waals surface area (Å²) in [5.74, 6) is 0.843. The summed E-state index contributed by atoms with van der Waals surface area (Å²) in [6, 6.07) is 0. The van der Waals surface area contributed by atoms with Crippen molar-refractivity contribution in [2.24, 2.45) is 0 Å². The van der Waals surface area contributed by atoms with Gasteiger partial charge in [0.25, 0.3) is 0 Å². The molecular weight excluding hydrogens is 76.1 g/mol. The Morgan fingerprint density at radius 2 is 1.83 bits per heavy atom. The van der Waals surface area contributed by atoms with E-state index < -0.39 is 0 Å². The molecule has 1 aliphatic rings. The van der Waals surface area contributed by atoms with Crippen LogP contribution >= 0.6 is 0 Å².